The first-order valence-corrected chi connectivity index (χ1v) is 10.1. The highest BCUT2D eigenvalue weighted by Gasteiger charge is 2.21. The molecule has 0 radical (unpaired) electrons. The van der Waals surface area contributed by atoms with Gasteiger partial charge in [-0.25, -0.2) is 0 Å². The molecule has 0 atom stereocenters. The van der Waals surface area contributed by atoms with Crippen molar-refractivity contribution in [1.29, 1.82) is 0 Å². The zero-order valence-electron chi connectivity index (χ0n) is 18.5. The van der Waals surface area contributed by atoms with E-state index in [0.717, 1.165) is 23.9 Å². The van der Waals surface area contributed by atoms with Crippen LogP contribution in [0.3, 0.4) is 0 Å². The summed E-state index contributed by atoms with van der Waals surface area (Å²) in [7, 11) is 0. The van der Waals surface area contributed by atoms with Crippen LogP contribution < -0.4 is 10.6 Å². The summed E-state index contributed by atoms with van der Waals surface area (Å²) < 4.78 is 0. The Balaban J connectivity index is 0.000000346. The van der Waals surface area contributed by atoms with Crippen LogP contribution in [0.4, 0.5) is 22.7 Å². The molecule has 0 aliphatic heterocycles. The summed E-state index contributed by atoms with van der Waals surface area (Å²) in [5.74, 6) is -2.61. The molecule has 36 heavy (non-hydrogen) atoms. The number of nitrogens with zero attached hydrogens (tertiary/aromatic N) is 2. The minimum atomic E-state index is -1.09. The van der Waals surface area contributed by atoms with Gasteiger partial charge in [-0.1, -0.05) is 30.3 Å². The number of ketones is 1. The van der Waals surface area contributed by atoms with Crippen molar-refractivity contribution in [3.63, 3.8) is 0 Å². The Labute approximate surface area is 203 Å². The number of carboxylic acid groups (broad SMARTS) is 2. The number of carbonyl (C=O) groups excluding carboxylic acids is 1. The molecule has 0 amide bonds. The Hall–Kier alpha value is -5.33. The van der Waals surface area contributed by atoms with E-state index in [4.69, 9.17) is 10.2 Å². The number of rotatable bonds is 10. The first-order valence-electron chi connectivity index (χ1n) is 10.1. The van der Waals surface area contributed by atoms with Crippen LogP contribution >= 0.6 is 0 Å². The highest BCUT2D eigenvalue weighted by atomic mass is 16.6. The van der Waals surface area contributed by atoms with Crippen molar-refractivity contribution in [2.75, 3.05) is 23.7 Å². The Morgan fingerprint density at radius 2 is 1.17 bits per heavy atom. The van der Waals surface area contributed by atoms with E-state index in [-0.39, 0.29) is 24.2 Å². The van der Waals surface area contributed by atoms with E-state index in [9.17, 15) is 34.6 Å². The molecular weight excluding hydrogens is 476 g/mol. The lowest BCUT2D eigenvalue weighted by atomic mass is 10.0. The summed E-state index contributed by atoms with van der Waals surface area (Å²) in [5.41, 5.74) is -0.0695. The fraction of sp³-hybridized carbons (Fsp3) is 0.0870. The van der Waals surface area contributed by atoms with Crippen LogP contribution in [-0.4, -0.2) is 50.9 Å². The van der Waals surface area contributed by atoms with Crippen molar-refractivity contribution in [3.8, 4) is 0 Å². The van der Waals surface area contributed by atoms with Crippen LogP contribution in [0.25, 0.3) is 0 Å². The predicted molar refractivity (Wildman–Crippen MR) is 128 cm³/mol. The molecule has 13 nitrogen and oxygen atoms in total. The van der Waals surface area contributed by atoms with Crippen molar-refractivity contribution >= 4 is 40.5 Å². The molecule has 0 heterocycles. The number of anilines is 2. The zero-order chi connectivity index (χ0) is 26.7. The molecule has 0 unspecified atom stereocenters. The van der Waals surface area contributed by atoms with Gasteiger partial charge in [-0.2, -0.15) is 0 Å². The minimum Gasteiger partial charge on any atom is -0.480 e. The van der Waals surface area contributed by atoms with Gasteiger partial charge in [0, 0.05) is 34.6 Å². The SMILES string of the molecule is O=C(O)CNc1cccc(C(=O)c2cc([N+](=O)[O-])cc([N+](=O)[O-])c2)c1.O=C(O)CNc1ccccc1. The van der Waals surface area contributed by atoms with E-state index in [1.165, 1.54) is 24.3 Å². The van der Waals surface area contributed by atoms with Gasteiger partial charge in [-0.3, -0.25) is 34.6 Å². The van der Waals surface area contributed by atoms with Gasteiger partial charge in [-0.05, 0) is 24.3 Å². The highest BCUT2D eigenvalue weighted by Crippen LogP contribution is 2.25. The Morgan fingerprint density at radius 3 is 1.67 bits per heavy atom. The second kappa shape index (κ2) is 12.8. The largest absolute Gasteiger partial charge is 0.480 e. The normalized spacial score (nSPS) is 9.78. The number of nitro benzene ring substituents is 2. The number of non-ortho nitro benzene ring substituents is 2. The summed E-state index contributed by atoms with van der Waals surface area (Å²) in [6.07, 6.45) is 0. The number of para-hydroxylation sites is 1. The van der Waals surface area contributed by atoms with Crippen LogP contribution in [-0.2, 0) is 9.59 Å². The standard InChI is InChI=1S/C15H11N3O7.C8H9NO2/c19-14(20)8-16-11-3-1-2-9(4-11)15(21)10-5-12(17(22)23)7-13(6-10)18(24)25;10-8(11)6-9-7-4-2-1-3-5-7/h1-7,16H,8H2,(H,19,20);1-5,9H,6H2,(H,10,11). The lowest BCUT2D eigenvalue weighted by molar-refractivity contribution is -0.394. The predicted octanol–water partition coefficient (Wildman–Crippen LogP) is 3.41. The van der Waals surface area contributed by atoms with E-state index >= 15 is 0 Å². The third-order valence-corrected chi connectivity index (χ3v) is 4.37. The fourth-order valence-corrected chi connectivity index (χ4v) is 2.79. The van der Waals surface area contributed by atoms with Gasteiger partial charge in [0.2, 0.25) is 0 Å². The maximum absolute atomic E-state index is 12.5. The van der Waals surface area contributed by atoms with Crippen molar-refractivity contribution in [2.45, 2.75) is 0 Å². The molecular formula is C23H20N4O9. The number of aliphatic carboxylic acids is 2. The second-order valence-corrected chi connectivity index (χ2v) is 7.02. The molecule has 3 aromatic rings. The maximum atomic E-state index is 12.5. The average Bonchev–Trinajstić information content (AvgIpc) is 2.86. The van der Waals surface area contributed by atoms with E-state index in [1.807, 2.05) is 30.3 Å². The number of nitro groups is 2. The number of nitrogens with one attached hydrogen (secondary N) is 2. The summed E-state index contributed by atoms with van der Waals surface area (Å²) in [4.78, 5) is 53.3. The third kappa shape index (κ3) is 8.55. The van der Waals surface area contributed by atoms with Crippen LogP contribution in [0.2, 0.25) is 0 Å². The smallest absolute Gasteiger partial charge is 0.322 e. The summed E-state index contributed by atoms with van der Waals surface area (Å²) in [6.45, 7) is -0.399. The molecule has 0 aliphatic rings. The Morgan fingerprint density at radius 1 is 0.667 bits per heavy atom. The molecule has 0 spiro atoms. The summed E-state index contributed by atoms with van der Waals surface area (Å²) in [5, 5.41) is 44.1. The van der Waals surface area contributed by atoms with Crippen LogP contribution in [0.5, 0.6) is 0 Å². The lowest BCUT2D eigenvalue weighted by Crippen LogP contribution is -2.12. The molecule has 4 N–H and O–H groups in total. The molecule has 13 heteroatoms. The Kier molecular flexibility index (Phi) is 9.56. The fourth-order valence-electron chi connectivity index (χ4n) is 2.79. The van der Waals surface area contributed by atoms with Crippen LogP contribution in [0, 0.1) is 20.2 Å². The van der Waals surface area contributed by atoms with Gasteiger partial charge in [0.1, 0.15) is 13.1 Å². The van der Waals surface area contributed by atoms with Crippen LogP contribution in [0.1, 0.15) is 15.9 Å². The van der Waals surface area contributed by atoms with Gasteiger partial charge in [-0.15, -0.1) is 0 Å². The molecule has 0 saturated heterocycles. The molecule has 0 bridgehead atoms. The number of carbonyl (C=O) groups is 3. The maximum Gasteiger partial charge on any atom is 0.322 e. The quantitative estimate of drug-likeness (QED) is 0.182. The van der Waals surface area contributed by atoms with Crippen LogP contribution in [0.15, 0.2) is 72.8 Å². The van der Waals surface area contributed by atoms with Gasteiger partial charge >= 0.3 is 11.9 Å². The van der Waals surface area contributed by atoms with Crippen molar-refractivity contribution in [2.24, 2.45) is 0 Å². The van der Waals surface area contributed by atoms with E-state index in [2.05, 4.69) is 10.6 Å². The van der Waals surface area contributed by atoms with Crippen molar-refractivity contribution < 1.29 is 34.4 Å². The number of hydrogen-bond acceptors (Lipinski definition) is 9. The third-order valence-electron chi connectivity index (χ3n) is 4.37. The summed E-state index contributed by atoms with van der Waals surface area (Å²) in [6, 6.07) is 17.7. The first-order chi connectivity index (χ1) is 17.1. The average molecular weight is 496 g/mol. The van der Waals surface area contributed by atoms with E-state index < -0.39 is 38.9 Å². The van der Waals surface area contributed by atoms with E-state index in [1.54, 1.807) is 0 Å². The number of hydrogen-bond donors (Lipinski definition) is 4. The molecule has 3 rings (SSSR count). The van der Waals surface area contributed by atoms with Gasteiger partial charge in [0.25, 0.3) is 11.4 Å². The lowest BCUT2D eigenvalue weighted by Gasteiger charge is -2.06. The number of carboxylic acids is 2. The molecule has 3 aromatic carbocycles. The zero-order valence-corrected chi connectivity index (χ0v) is 18.5. The minimum absolute atomic E-state index is 0.0377. The molecule has 0 aliphatic carbocycles. The second-order valence-electron chi connectivity index (χ2n) is 7.02. The van der Waals surface area contributed by atoms with Crippen molar-refractivity contribution in [3.05, 3.63) is 104 Å². The molecule has 0 aromatic heterocycles. The van der Waals surface area contributed by atoms with Gasteiger partial charge in [0.05, 0.1) is 15.9 Å². The molecule has 0 saturated carbocycles. The highest BCUT2D eigenvalue weighted by molar-refractivity contribution is 6.10. The van der Waals surface area contributed by atoms with E-state index in [0.29, 0.717) is 5.69 Å². The van der Waals surface area contributed by atoms with Gasteiger partial charge in [0.15, 0.2) is 5.78 Å². The molecule has 0 fully saturated rings. The molecule has 186 valence electrons. The number of benzene rings is 3. The Bertz CT molecular complexity index is 1250. The first kappa shape index (κ1) is 26.9. The van der Waals surface area contributed by atoms with Crippen molar-refractivity contribution in [1.82, 2.24) is 0 Å². The summed E-state index contributed by atoms with van der Waals surface area (Å²) >= 11 is 0. The monoisotopic (exact) mass is 496 g/mol. The topological polar surface area (TPSA) is 202 Å². The van der Waals surface area contributed by atoms with Gasteiger partial charge < -0.3 is 20.8 Å².